The van der Waals surface area contributed by atoms with Gasteiger partial charge in [-0.1, -0.05) is 36.8 Å². The number of amides is 1. The normalized spacial score (nSPS) is 18.6. The maximum absolute atomic E-state index is 13.2. The van der Waals surface area contributed by atoms with Gasteiger partial charge < -0.3 is 9.47 Å². The van der Waals surface area contributed by atoms with Crippen molar-refractivity contribution in [3.8, 4) is 11.3 Å². The molecule has 160 valence electrons. The van der Waals surface area contributed by atoms with Gasteiger partial charge in [0.25, 0.3) is 5.56 Å². The molecule has 0 aliphatic carbocycles. The number of carbonyl (C=O) groups excluding carboxylic acids is 1. The Kier molecular flexibility index (Phi) is 5.36. The van der Waals surface area contributed by atoms with Crippen LogP contribution in [0.5, 0.6) is 0 Å². The number of aryl methyl sites for hydroxylation is 1. The Bertz CT molecular complexity index is 1140. The number of hydrogen-bond acceptors (Lipinski definition) is 5. The first-order valence-electron chi connectivity index (χ1n) is 11.1. The molecule has 2 aromatic heterocycles. The van der Waals surface area contributed by atoms with Crippen molar-refractivity contribution in [3.63, 3.8) is 0 Å². The molecule has 3 aromatic rings. The van der Waals surface area contributed by atoms with Crippen LogP contribution in [-0.4, -0.2) is 41.9 Å². The molecule has 1 amide bonds. The molecule has 0 bridgehead atoms. The second-order valence-corrected chi connectivity index (χ2v) is 8.26. The summed E-state index contributed by atoms with van der Waals surface area (Å²) >= 11 is 0. The summed E-state index contributed by atoms with van der Waals surface area (Å²) in [6, 6.07) is 12.7. The van der Waals surface area contributed by atoms with E-state index in [1.807, 2.05) is 35.2 Å². The monoisotopic (exact) mass is 418 g/mol. The first-order chi connectivity index (χ1) is 15.2. The van der Waals surface area contributed by atoms with E-state index in [2.05, 4.69) is 19.9 Å². The van der Waals surface area contributed by atoms with Gasteiger partial charge in [0, 0.05) is 31.1 Å². The van der Waals surface area contributed by atoms with E-state index in [1.165, 1.54) is 17.2 Å². The zero-order valence-electron chi connectivity index (χ0n) is 17.5. The van der Waals surface area contributed by atoms with Gasteiger partial charge in [-0.2, -0.15) is 5.10 Å². The van der Waals surface area contributed by atoms with Gasteiger partial charge in [-0.25, -0.2) is 4.68 Å². The molecule has 8 nitrogen and oxygen atoms in total. The predicted molar refractivity (Wildman–Crippen MR) is 115 cm³/mol. The Hall–Kier alpha value is -3.29. The van der Waals surface area contributed by atoms with Crippen molar-refractivity contribution in [1.82, 2.24) is 29.4 Å². The van der Waals surface area contributed by atoms with Crippen LogP contribution >= 0.6 is 0 Å². The number of likely N-dealkylation sites (tertiary alicyclic amines) is 1. The Morgan fingerprint density at radius 2 is 1.84 bits per heavy atom. The molecular weight excluding hydrogens is 392 g/mol. The standard InChI is InChI=1S/C23H26N6O2/c30-21-13-12-18(17-8-3-1-4-9-17)26-29(21)16-22(31)27-15-7-10-19(27)23-25-24-20-11-5-2-6-14-28(20)23/h1,3-4,8-9,12-13,19H,2,5-7,10-11,14-16H2/t19-/m1/s1. The highest BCUT2D eigenvalue weighted by atomic mass is 16.2. The molecule has 0 unspecified atom stereocenters. The summed E-state index contributed by atoms with van der Waals surface area (Å²) in [7, 11) is 0. The van der Waals surface area contributed by atoms with Crippen LogP contribution in [0.4, 0.5) is 0 Å². The van der Waals surface area contributed by atoms with E-state index in [0.29, 0.717) is 12.2 Å². The molecule has 0 spiro atoms. The molecule has 0 N–H and O–H groups in total. The molecule has 4 heterocycles. The van der Waals surface area contributed by atoms with Crippen LogP contribution in [0, 0.1) is 0 Å². The minimum Gasteiger partial charge on any atom is -0.331 e. The Labute approximate surface area is 180 Å². The van der Waals surface area contributed by atoms with E-state index in [0.717, 1.165) is 55.9 Å². The lowest BCUT2D eigenvalue weighted by Gasteiger charge is -2.25. The van der Waals surface area contributed by atoms with Crippen LogP contribution < -0.4 is 5.56 Å². The van der Waals surface area contributed by atoms with Gasteiger partial charge in [0.15, 0.2) is 5.82 Å². The van der Waals surface area contributed by atoms with Gasteiger partial charge in [-0.05, 0) is 31.7 Å². The minimum absolute atomic E-state index is 0.0724. The van der Waals surface area contributed by atoms with E-state index < -0.39 is 0 Å². The highest BCUT2D eigenvalue weighted by Gasteiger charge is 2.34. The summed E-state index contributed by atoms with van der Waals surface area (Å²) in [6.07, 6.45) is 6.19. The fourth-order valence-electron chi connectivity index (χ4n) is 4.63. The largest absolute Gasteiger partial charge is 0.331 e. The number of nitrogens with zero attached hydrogens (tertiary/aromatic N) is 6. The third-order valence-electron chi connectivity index (χ3n) is 6.23. The van der Waals surface area contributed by atoms with Gasteiger partial charge in [0.05, 0.1) is 11.7 Å². The highest BCUT2D eigenvalue weighted by Crippen LogP contribution is 2.32. The van der Waals surface area contributed by atoms with Crippen LogP contribution in [0.25, 0.3) is 11.3 Å². The lowest BCUT2D eigenvalue weighted by atomic mass is 10.1. The molecular formula is C23H26N6O2. The molecule has 2 aliphatic rings. The Balaban J connectivity index is 1.38. The van der Waals surface area contributed by atoms with E-state index in [4.69, 9.17) is 0 Å². The first-order valence-corrected chi connectivity index (χ1v) is 11.1. The highest BCUT2D eigenvalue weighted by molar-refractivity contribution is 5.76. The molecule has 1 atom stereocenters. The van der Waals surface area contributed by atoms with Gasteiger partial charge >= 0.3 is 0 Å². The lowest BCUT2D eigenvalue weighted by molar-refractivity contribution is -0.133. The van der Waals surface area contributed by atoms with Crippen LogP contribution in [0.1, 0.15) is 49.8 Å². The van der Waals surface area contributed by atoms with Crippen LogP contribution in [-0.2, 0) is 24.3 Å². The van der Waals surface area contributed by atoms with Gasteiger partial charge in [0.2, 0.25) is 5.91 Å². The molecule has 0 saturated carbocycles. The molecule has 5 rings (SSSR count). The summed E-state index contributed by atoms with van der Waals surface area (Å²) in [5.41, 5.74) is 1.31. The quantitative estimate of drug-likeness (QED) is 0.650. The number of fused-ring (bicyclic) bond motifs is 1. The fraction of sp³-hybridized carbons (Fsp3) is 0.435. The zero-order chi connectivity index (χ0) is 21.2. The van der Waals surface area contributed by atoms with Crippen LogP contribution in [0.2, 0.25) is 0 Å². The number of carbonyl (C=O) groups is 1. The molecule has 1 saturated heterocycles. The molecule has 8 heteroatoms. The zero-order valence-corrected chi connectivity index (χ0v) is 17.5. The van der Waals surface area contributed by atoms with E-state index in [-0.39, 0.29) is 24.1 Å². The Morgan fingerprint density at radius 1 is 0.968 bits per heavy atom. The van der Waals surface area contributed by atoms with Crippen molar-refractivity contribution in [1.29, 1.82) is 0 Å². The van der Waals surface area contributed by atoms with Crippen LogP contribution in [0.3, 0.4) is 0 Å². The fourth-order valence-corrected chi connectivity index (χ4v) is 4.63. The number of hydrogen-bond donors (Lipinski definition) is 0. The third kappa shape index (κ3) is 3.89. The molecule has 1 fully saturated rings. The molecule has 31 heavy (non-hydrogen) atoms. The number of benzene rings is 1. The molecule has 0 radical (unpaired) electrons. The summed E-state index contributed by atoms with van der Waals surface area (Å²) < 4.78 is 3.48. The van der Waals surface area contributed by atoms with E-state index >= 15 is 0 Å². The van der Waals surface area contributed by atoms with Crippen molar-refractivity contribution < 1.29 is 4.79 Å². The second kappa shape index (κ2) is 8.45. The average Bonchev–Trinajstić information content (AvgIpc) is 3.36. The van der Waals surface area contributed by atoms with Gasteiger partial charge in [-0.15, -0.1) is 10.2 Å². The van der Waals surface area contributed by atoms with Gasteiger partial charge in [-0.3, -0.25) is 9.59 Å². The van der Waals surface area contributed by atoms with Crippen molar-refractivity contribution in [2.75, 3.05) is 6.54 Å². The summed E-state index contributed by atoms with van der Waals surface area (Å²) in [5, 5.41) is 13.3. The molecule has 1 aromatic carbocycles. The predicted octanol–water partition coefficient (Wildman–Crippen LogP) is 2.59. The van der Waals surface area contributed by atoms with Crippen molar-refractivity contribution in [2.24, 2.45) is 0 Å². The molecule has 2 aliphatic heterocycles. The summed E-state index contributed by atoms with van der Waals surface area (Å²) in [6.45, 7) is 1.51. The van der Waals surface area contributed by atoms with Crippen molar-refractivity contribution in [2.45, 2.75) is 57.7 Å². The number of rotatable bonds is 4. The topological polar surface area (TPSA) is 85.9 Å². The number of aromatic nitrogens is 5. The third-order valence-corrected chi connectivity index (χ3v) is 6.23. The van der Waals surface area contributed by atoms with E-state index in [1.54, 1.807) is 6.07 Å². The van der Waals surface area contributed by atoms with Gasteiger partial charge in [0.1, 0.15) is 12.4 Å². The average molecular weight is 419 g/mol. The second-order valence-electron chi connectivity index (χ2n) is 8.26. The van der Waals surface area contributed by atoms with E-state index in [9.17, 15) is 9.59 Å². The van der Waals surface area contributed by atoms with Crippen molar-refractivity contribution >= 4 is 5.91 Å². The minimum atomic E-state index is -0.278. The SMILES string of the molecule is O=C(Cn1nc(-c2ccccc2)ccc1=O)N1CCC[C@@H]1c1nnc2n1CCCCC2. The maximum Gasteiger partial charge on any atom is 0.267 e. The van der Waals surface area contributed by atoms with Crippen molar-refractivity contribution in [3.05, 3.63) is 64.5 Å². The lowest BCUT2D eigenvalue weighted by Crippen LogP contribution is -2.37. The summed E-state index contributed by atoms with van der Waals surface area (Å²) in [5.74, 6) is 1.81. The smallest absolute Gasteiger partial charge is 0.267 e. The Morgan fingerprint density at radius 3 is 2.71 bits per heavy atom. The maximum atomic E-state index is 13.2. The summed E-state index contributed by atoms with van der Waals surface area (Å²) in [4.78, 5) is 27.5. The van der Waals surface area contributed by atoms with Crippen LogP contribution in [0.15, 0.2) is 47.3 Å². The first kappa shape index (κ1) is 19.7.